The maximum absolute atomic E-state index is 12.8. The molecule has 0 saturated carbocycles. The van der Waals surface area contributed by atoms with Gasteiger partial charge in [-0.2, -0.15) is 0 Å². The van der Waals surface area contributed by atoms with Crippen molar-refractivity contribution in [2.75, 3.05) is 5.75 Å². The van der Waals surface area contributed by atoms with E-state index in [0.717, 1.165) is 28.7 Å². The van der Waals surface area contributed by atoms with E-state index >= 15 is 0 Å². The van der Waals surface area contributed by atoms with Crippen LogP contribution in [0.2, 0.25) is 0 Å². The van der Waals surface area contributed by atoms with Gasteiger partial charge in [0.1, 0.15) is 0 Å². The Morgan fingerprint density at radius 2 is 1.65 bits per heavy atom. The van der Waals surface area contributed by atoms with E-state index < -0.39 is 0 Å². The van der Waals surface area contributed by atoms with Crippen molar-refractivity contribution < 1.29 is 4.79 Å². The van der Waals surface area contributed by atoms with Crippen LogP contribution in [0.5, 0.6) is 0 Å². The molecule has 0 saturated heterocycles. The van der Waals surface area contributed by atoms with Crippen molar-refractivity contribution in [1.29, 1.82) is 0 Å². The molecule has 31 heavy (non-hydrogen) atoms. The molecule has 164 valence electrons. The topological polar surface area (TPSA) is 72.7 Å². The number of aromatic nitrogens is 4. The van der Waals surface area contributed by atoms with Crippen LogP contribution in [0.3, 0.4) is 0 Å². The molecular weight excluding hydrogens is 406 g/mol. The highest BCUT2D eigenvalue weighted by Crippen LogP contribution is 2.26. The first kappa shape index (κ1) is 23.0. The smallest absolute Gasteiger partial charge is 0.230 e. The molecule has 1 aromatic carbocycles. The number of nitrogens with one attached hydrogen (secondary N) is 1. The largest absolute Gasteiger partial charge is 0.348 e. The van der Waals surface area contributed by atoms with Crippen molar-refractivity contribution in [3.8, 4) is 11.4 Å². The van der Waals surface area contributed by atoms with E-state index in [-0.39, 0.29) is 17.9 Å². The van der Waals surface area contributed by atoms with E-state index in [2.05, 4.69) is 72.5 Å². The van der Waals surface area contributed by atoms with Gasteiger partial charge in [0, 0.05) is 24.5 Å². The monoisotopic (exact) mass is 437 g/mol. The van der Waals surface area contributed by atoms with E-state index in [1.165, 1.54) is 17.3 Å². The molecule has 0 aliphatic carbocycles. The molecule has 0 fully saturated rings. The highest BCUT2D eigenvalue weighted by atomic mass is 32.2. The minimum Gasteiger partial charge on any atom is -0.348 e. The maximum atomic E-state index is 12.8. The second-order valence-electron chi connectivity index (χ2n) is 8.19. The predicted molar refractivity (Wildman–Crippen MR) is 126 cm³/mol. The zero-order valence-corrected chi connectivity index (χ0v) is 19.7. The molecule has 3 aromatic rings. The lowest BCUT2D eigenvalue weighted by atomic mass is 9.93. The molecule has 2 heterocycles. The number of carbonyl (C=O) groups excluding carboxylic acids is 1. The Labute approximate surface area is 188 Å². The van der Waals surface area contributed by atoms with Crippen LogP contribution in [0.4, 0.5) is 0 Å². The van der Waals surface area contributed by atoms with Crippen molar-refractivity contribution >= 4 is 17.7 Å². The van der Waals surface area contributed by atoms with E-state index in [9.17, 15) is 4.79 Å². The lowest BCUT2D eigenvalue weighted by Crippen LogP contribution is -2.33. The van der Waals surface area contributed by atoms with Crippen LogP contribution in [0.1, 0.15) is 57.7 Å². The van der Waals surface area contributed by atoms with Gasteiger partial charge in [-0.1, -0.05) is 63.7 Å². The average molecular weight is 438 g/mol. The Kier molecular flexibility index (Phi) is 7.85. The number of hydrogen-bond acceptors (Lipinski definition) is 5. The minimum absolute atomic E-state index is 0.00671. The van der Waals surface area contributed by atoms with Gasteiger partial charge in [-0.25, -0.2) is 0 Å². The second-order valence-corrected chi connectivity index (χ2v) is 9.13. The lowest BCUT2D eigenvalue weighted by molar-refractivity contribution is -0.119. The highest BCUT2D eigenvalue weighted by molar-refractivity contribution is 7.99. The summed E-state index contributed by atoms with van der Waals surface area (Å²) in [6.07, 6.45) is 3.48. The zero-order chi connectivity index (χ0) is 22.4. The number of pyridine rings is 1. The van der Waals surface area contributed by atoms with Gasteiger partial charge in [0.05, 0.1) is 11.8 Å². The Hall–Kier alpha value is -2.67. The van der Waals surface area contributed by atoms with Crippen molar-refractivity contribution in [2.45, 2.75) is 58.3 Å². The number of nitrogens with zero attached hydrogens (tertiary/aromatic N) is 4. The van der Waals surface area contributed by atoms with Gasteiger partial charge in [-0.05, 0) is 42.0 Å². The number of rotatable bonds is 9. The van der Waals surface area contributed by atoms with Crippen molar-refractivity contribution in [3.05, 3.63) is 59.9 Å². The van der Waals surface area contributed by atoms with Gasteiger partial charge >= 0.3 is 0 Å². The van der Waals surface area contributed by atoms with Gasteiger partial charge in [0.15, 0.2) is 11.0 Å². The van der Waals surface area contributed by atoms with Crippen molar-refractivity contribution in [3.63, 3.8) is 0 Å². The molecular formula is C24H31N5OS. The second kappa shape index (κ2) is 10.6. The molecule has 1 amide bonds. The summed E-state index contributed by atoms with van der Waals surface area (Å²) < 4.78 is 2.03. The van der Waals surface area contributed by atoms with Gasteiger partial charge in [0.2, 0.25) is 5.91 Å². The molecule has 0 radical (unpaired) electrons. The van der Waals surface area contributed by atoms with Gasteiger partial charge in [0.25, 0.3) is 0 Å². The normalized spacial score (nSPS) is 12.4. The van der Waals surface area contributed by atoms with Crippen molar-refractivity contribution in [2.24, 2.45) is 5.92 Å². The maximum Gasteiger partial charge on any atom is 0.230 e. The molecule has 7 heteroatoms. The van der Waals surface area contributed by atoms with Crippen molar-refractivity contribution in [1.82, 2.24) is 25.1 Å². The summed E-state index contributed by atoms with van der Waals surface area (Å²) in [4.78, 5) is 16.8. The van der Waals surface area contributed by atoms with E-state index in [4.69, 9.17) is 0 Å². The van der Waals surface area contributed by atoms with Crippen LogP contribution >= 0.6 is 11.8 Å². The molecule has 1 N–H and O–H groups in total. The van der Waals surface area contributed by atoms with E-state index in [1.54, 1.807) is 12.4 Å². The summed E-state index contributed by atoms with van der Waals surface area (Å²) in [5, 5.41) is 12.6. The fourth-order valence-corrected chi connectivity index (χ4v) is 4.28. The number of carbonyl (C=O) groups is 1. The van der Waals surface area contributed by atoms with Crippen LogP contribution in [-0.2, 0) is 11.3 Å². The summed E-state index contributed by atoms with van der Waals surface area (Å²) >= 11 is 1.41. The molecule has 0 bridgehead atoms. The first-order valence-electron chi connectivity index (χ1n) is 10.8. The summed E-state index contributed by atoms with van der Waals surface area (Å²) in [5.74, 6) is 1.86. The fourth-order valence-electron chi connectivity index (χ4n) is 3.46. The molecule has 1 unspecified atom stereocenters. The summed E-state index contributed by atoms with van der Waals surface area (Å²) in [5.41, 5.74) is 3.40. The van der Waals surface area contributed by atoms with E-state index in [1.807, 2.05) is 23.6 Å². The summed E-state index contributed by atoms with van der Waals surface area (Å²) in [6, 6.07) is 12.4. The molecule has 0 aliphatic heterocycles. The molecule has 1 atom stereocenters. The van der Waals surface area contributed by atoms with Crippen LogP contribution in [0.15, 0.2) is 53.9 Å². The standard InChI is InChI=1S/C24H31N5OS/c1-6-29-23(20-11-13-25-14-12-20)27-28-24(29)31-15-21(30)26-22(17(4)5)19-9-7-18(8-10-19)16(2)3/h7-14,16-17,22H,6,15H2,1-5H3,(H,26,30). The third-order valence-corrected chi connectivity index (χ3v) is 6.22. The number of benzene rings is 1. The Bertz CT molecular complexity index is 983. The van der Waals surface area contributed by atoms with Gasteiger partial charge in [-0.3, -0.25) is 9.78 Å². The SMILES string of the molecule is CCn1c(SCC(=O)NC(c2ccc(C(C)C)cc2)C(C)C)nnc1-c1ccncc1. The Morgan fingerprint density at radius 1 is 1.00 bits per heavy atom. The molecule has 6 nitrogen and oxygen atoms in total. The highest BCUT2D eigenvalue weighted by Gasteiger charge is 2.20. The quantitative estimate of drug-likeness (QED) is 0.472. The van der Waals surface area contributed by atoms with Gasteiger partial charge in [-0.15, -0.1) is 10.2 Å². The summed E-state index contributed by atoms with van der Waals surface area (Å²) in [6.45, 7) is 11.4. The lowest BCUT2D eigenvalue weighted by Gasteiger charge is -2.23. The summed E-state index contributed by atoms with van der Waals surface area (Å²) in [7, 11) is 0. The Morgan fingerprint density at radius 3 is 2.23 bits per heavy atom. The third-order valence-electron chi connectivity index (χ3n) is 5.25. The molecule has 2 aromatic heterocycles. The molecule has 3 rings (SSSR count). The number of amides is 1. The Balaban J connectivity index is 1.66. The van der Waals surface area contributed by atoms with Crippen LogP contribution in [0, 0.1) is 5.92 Å². The predicted octanol–water partition coefficient (Wildman–Crippen LogP) is 5.09. The number of hydrogen-bond donors (Lipinski definition) is 1. The average Bonchev–Trinajstić information content (AvgIpc) is 3.19. The van der Waals surface area contributed by atoms with E-state index in [0.29, 0.717) is 11.7 Å². The minimum atomic E-state index is -0.0225. The van der Waals surface area contributed by atoms with Crippen LogP contribution < -0.4 is 5.32 Å². The first-order chi connectivity index (χ1) is 14.9. The molecule has 0 spiro atoms. The van der Waals surface area contributed by atoms with Gasteiger partial charge < -0.3 is 9.88 Å². The van der Waals surface area contributed by atoms with Crippen LogP contribution in [-0.4, -0.2) is 31.4 Å². The third kappa shape index (κ3) is 5.73. The zero-order valence-electron chi connectivity index (χ0n) is 18.9. The van der Waals surface area contributed by atoms with Crippen LogP contribution in [0.25, 0.3) is 11.4 Å². The fraction of sp³-hybridized carbons (Fsp3) is 0.417. The number of thioether (sulfide) groups is 1. The molecule has 0 aliphatic rings. The first-order valence-corrected chi connectivity index (χ1v) is 11.7.